The van der Waals surface area contributed by atoms with Gasteiger partial charge in [0, 0.05) is 17.1 Å². The van der Waals surface area contributed by atoms with Gasteiger partial charge in [-0.1, -0.05) is 28.1 Å². The zero-order valence-corrected chi connectivity index (χ0v) is 10.2. The van der Waals surface area contributed by atoms with Gasteiger partial charge in [-0.2, -0.15) is 0 Å². The van der Waals surface area contributed by atoms with Crippen LogP contribution in [0.5, 0.6) is 0 Å². The Hall–Kier alpha value is -0.380. The normalized spacial score (nSPS) is 22.9. The van der Waals surface area contributed by atoms with E-state index in [4.69, 9.17) is 10.5 Å². The quantitative estimate of drug-likeness (QED) is 0.915. The molecule has 1 aromatic rings. The van der Waals surface area contributed by atoms with Gasteiger partial charge < -0.3 is 10.5 Å². The number of ether oxygens (including phenoxy) is 1. The average molecular weight is 270 g/mol. The van der Waals surface area contributed by atoms with Gasteiger partial charge in [0.05, 0.1) is 6.61 Å². The lowest BCUT2D eigenvalue weighted by atomic mass is 9.94. The lowest BCUT2D eigenvalue weighted by Crippen LogP contribution is -2.32. The maximum absolute atomic E-state index is 6.17. The molecule has 2 N–H and O–H groups in total. The summed E-state index contributed by atoms with van der Waals surface area (Å²) < 4.78 is 6.47. The number of nitrogens with two attached hydrogens (primary N) is 1. The van der Waals surface area contributed by atoms with Crippen molar-refractivity contribution in [3.05, 3.63) is 34.3 Å². The van der Waals surface area contributed by atoms with Crippen LogP contribution < -0.4 is 5.73 Å². The Morgan fingerprint density at radius 2 is 2.40 bits per heavy atom. The maximum atomic E-state index is 6.17. The third-order valence-electron chi connectivity index (χ3n) is 2.93. The summed E-state index contributed by atoms with van der Waals surface area (Å²) in [4.78, 5) is 0. The first kappa shape index (κ1) is 11.1. The van der Waals surface area contributed by atoms with Crippen LogP contribution in [-0.2, 0) is 11.2 Å². The maximum Gasteiger partial charge on any atom is 0.0510 e. The molecule has 15 heavy (non-hydrogen) atoms. The highest BCUT2D eigenvalue weighted by Crippen LogP contribution is 2.19. The van der Waals surface area contributed by atoms with Crippen LogP contribution >= 0.6 is 15.9 Å². The van der Waals surface area contributed by atoms with E-state index in [1.165, 1.54) is 5.56 Å². The van der Waals surface area contributed by atoms with Crippen molar-refractivity contribution in [1.29, 1.82) is 0 Å². The number of rotatable bonds is 3. The third-order valence-corrected chi connectivity index (χ3v) is 3.42. The summed E-state index contributed by atoms with van der Waals surface area (Å²) in [6, 6.07) is 8.57. The first-order valence-corrected chi connectivity index (χ1v) is 6.13. The zero-order valence-electron chi connectivity index (χ0n) is 8.66. The fraction of sp³-hybridized carbons (Fsp3) is 0.500. The Bertz CT molecular complexity index is 323. The van der Waals surface area contributed by atoms with E-state index in [0.29, 0.717) is 5.92 Å². The second-order valence-electron chi connectivity index (χ2n) is 4.12. The molecule has 1 saturated heterocycles. The fourth-order valence-corrected chi connectivity index (χ4v) is 2.44. The third kappa shape index (κ3) is 3.03. The van der Waals surface area contributed by atoms with Crippen LogP contribution in [0.4, 0.5) is 0 Å². The van der Waals surface area contributed by atoms with Gasteiger partial charge in [0.15, 0.2) is 0 Å². The minimum absolute atomic E-state index is 0.224. The molecule has 1 heterocycles. The second-order valence-corrected chi connectivity index (χ2v) is 5.04. The molecule has 0 aromatic heterocycles. The van der Waals surface area contributed by atoms with Crippen molar-refractivity contribution in [2.24, 2.45) is 11.7 Å². The predicted octanol–water partition coefficient (Wildman–Crippen LogP) is 2.36. The molecule has 2 rings (SSSR count). The molecule has 1 fully saturated rings. The van der Waals surface area contributed by atoms with Crippen LogP contribution in [0.25, 0.3) is 0 Å². The van der Waals surface area contributed by atoms with E-state index >= 15 is 0 Å². The molecule has 2 nitrogen and oxygen atoms in total. The van der Waals surface area contributed by atoms with E-state index in [0.717, 1.165) is 30.5 Å². The van der Waals surface area contributed by atoms with Gasteiger partial charge in [-0.25, -0.2) is 0 Å². The van der Waals surface area contributed by atoms with Crippen molar-refractivity contribution in [3.63, 3.8) is 0 Å². The average Bonchev–Trinajstić information content (AvgIpc) is 2.70. The van der Waals surface area contributed by atoms with Crippen LogP contribution in [-0.4, -0.2) is 19.3 Å². The summed E-state index contributed by atoms with van der Waals surface area (Å²) in [5.41, 5.74) is 7.46. The summed E-state index contributed by atoms with van der Waals surface area (Å²) >= 11 is 3.47. The Labute approximate surface area is 98.9 Å². The van der Waals surface area contributed by atoms with Gasteiger partial charge in [0.1, 0.15) is 0 Å². The first-order chi connectivity index (χ1) is 7.25. The van der Waals surface area contributed by atoms with Crippen molar-refractivity contribution < 1.29 is 4.74 Å². The molecule has 0 aliphatic carbocycles. The van der Waals surface area contributed by atoms with Gasteiger partial charge in [0.25, 0.3) is 0 Å². The van der Waals surface area contributed by atoms with Crippen LogP contribution in [0.3, 0.4) is 0 Å². The molecule has 82 valence electrons. The smallest absolute Gasteiger partial charge is 0.0510 e. The van der Waals surface area contributed by atoms with Crippen LogP contribution in [0.15, 0.2) is 28.7 Å². The monoisotopic (exact) mass is 269 g/mol. The van der Waals surface area contributed by atoms with Gasteiger partial charge in [-0.3, -0.25) is 0 Å². The van der Waals surface area contributed by atoms with Crippen molar-refractivity contribution in [2.75, 3.05) is 13.2 Å². The standard InChI is InChI=1S/C12H16BrNO/c13-11-3-1-2-9(6-11)7-12(14)10-4-5-15-8-10/h1-3,6,10,12H,4-5,7-8,14H2. The predicted molar refractivity (Wildman–Crippen MR) is 64.7 cm³/mol. The van der Waals surface area contributed by atoms with Gasteiger partial charge in [-0.05, 0) is 36.5 Å². The van der Waals surface area contributed by atoms with Gasteiger partial charge in [0.2, 0.25) is 0 Å². The lowest BCUT2D eigenvalue weighted by Gasteiger charge is -2.17. The molecule has 1 aromatic carbocycles. The minimum Gasteiger partial charge on any atom is -0.381 e. The molecule has 2 unspecified atom stereocenters. The lowest BCUT2D eigenvalue weighted by molar-refractivity contribution is 0.180. The zero-order chi connectivity index (χ0) is 10.7. The highest BCUT2D eigenvalue weighted by molar-refractivity contribution is 9.10. The van der Waals surface area contributed by atoms with Crippen LogP contribution in [0.2, 0.25) is 0 Å². The largest absolute Gasteiger partial charge is 0.381 e. The molecule has 3 heteroatoms. The van der Waals surface area contributed by atoms with E-state index < -0.39 is 0 Å². The SMILES string of the molecule is NC(Cc1cccc(Br)c1)C1CCOC1. The molecule has 0 bridgehead atoms. The van der Waals surface area contributed by atoms with Crippen molar-refractivity contribution in [2.45, 2.75) is 18.9 Å². The fourth-order valence-electron chi connectivity index (χ4n) is 1.99. The summed E-state index contributed by atoms with van der Waals surface area (Å²) in [7, 11) is 0. The number of halogens is 1. The summed E-state index contributed by atoms with van der Waals surface area (Å²) in [6.07, 6.45) is 2.04. The second kappa shape index (κ2) is 5.10. The number of hydrogen-bond donors (Lipinski definition) is 1. The summed E-state index contributed by atoms with van der Waals surface area (Å²) in [5, 5.41) is 0. The van der Waals surface area contributed by atoms with E-state index in [1.807, 2.05) is 6.07 Å². The Morgan fingerprint density at radius 3 is 3.07 bits per heavy atom. The van der Waals surface area contributed by atoms with E-state index in [1.54, 1.807) is 0 Å². The van der Waals surface area contributed by atoms with Gasteiger partial charge in [-0.15, -0.1) is 0 Å². The van der Waals surface area contributed by atoms with E-state index in [-0.39, 0.29) is 6.04 Å². The molecule has 0 radical (unpaired) electrons. The molecule has 1 aliphatic rings. The molecule has 0 amide bonds. The summed E-state index contributed by atoms with van der Waals surface area (Å²) in [6.45, 7) is 1.70. The topological polar surface area (TPSA) is 35.2 Å². The minimum atomic E-state index is 0.224. The van der Waals surface area contributed by atoms with Crippen molar-refractivity contribution in [3.8, 4) is 0 Å². The highest BCUT2D eigenvalue weighted by atomic mass is 79.9. The van der Waals surface area contributed by atoms with Crippen LogP contribution in [0.1, 0.15) is 12.0 Å². The van der Waals surface area contributed by atoms with E-state index in [9.17, 15) is 0 Å². The molecular weight excluding hydrogens is 254 g/mol. The van der Waals surface area contributed by atoms with Crippen LogP contribution in [0, 0.1) is 5.92 Å². The van der Waals surface area contributed by atoms with E-state index in [2.05, 4.69) is 34.1 Å². The highest BCUT2D eigenvalue weighted by Gasteiger charge is 2.22. The van der Waals surface area contributed by atoms with Crippen molar-refractivity contribution in [1.82, 2.24) is 0 Å². The molecular formula is C12H16BrNO. The molecule has 2 atom stereocenters. The molecule has 0 spiro atoms. The van der Waals surface area contributed by atoms with Crippen molar-refractivity contribution >= 4 is 15.9 Å². The number of benzene rings is 1. The number of hydrogen-bond acceptors (Lipinski definition) is 2. The van der Waals surface area contributed by atoms with Gasteiger partial charge >= 0.3 is 0 Å². The Kier molecular flexibility index (Phi) is 3.78. The Morgan fingerprint density at radius 1 is 1.53 bits per heavy atom. The molecule has 0 saturated carbocycles. The first-order valence-electron chi connectivity index (χ1n) is 5.33. The Balaban J connectivity index is 1.95. The molecule has 1 aliphatic heterocycles. The summed E-state index contributed by atoms with van der Waals surface area (Å²) in [5.74, 6) is 0.531.